The lowest BCUT2D eigenvalue weighted by Gasteiger charge is -2.09. The highest BCUT2D eigenvalue weighted by atomic mass is 35.5. The van der Waals surface area contributed by atoms with Crippen LogP contribution in [0.25, 0.3) is 0 Å². The van der Waals surface area contributed by atoms with Crippen molar-refractivity contribution >= 4 is 27.6 Å². The maximum absolute atomic E-state index is 11.9. The number of carbonyl (C=O) groups excluding carboxylic acids is 1. The minimum atomic E-state index is -3.62. The zero-order valence-electron chi connectivity index (χ0n) is 11.3. The van der Waals surface area contributed by atoms with Gasteiger partial charge in [-0.25, -0.2) is 17.9 Å². The van der Waals surface area contributed by atoms with Crippen molar-refractivity contribution in [1.29, 1.82) is 0 Å². The van der Waals surface area contributed by atoms with E-state index >= 15 is 0 Å². The first kappa shape index (κ1) is 16.7. The molecule has 0 unspecified atom stereocenters. The highest BCUT2D eigenvalue weighted by molar-refractivity contribution is 7.89. The van der Waals surface area contributed by atoms with Crippen molar-refractivity contribution in [2.45, 2.75) is 18.7 Å². The van der Waals surface area contributed by atoms with Crippen LogP contribution < -0.4 is 4.72 Å². The summed E-state index contributed by atoms with van der Waals surface area (Å²) in [4.78, 5) is 11.9. The summed E-state index contributed by atoms with van der Waals surface area (Å²) in [6.07, 6.45) is 0. The smallest absolute Gasteiger partial charge is 0.338 e. The number of hydrogen-bond acceptors (Lipinski definition) is 4. The van der Waals surface area contributed by atoms with Gasteiger partial charge in [0.05, 0.1) is 10.5 Å². The minimum Gasteiger partial charge on any atom is -0.456 e. The van der Waals surface area contributed by atoms with E-state index in [-0.39, 0.29) is 28.6 Å². The highest BCUT2D eigenvalue weighted by Crippen LogP contribution is 2.17. The number of benzene rings is 1. The highest BCUT2D eigenvalue weighted by Gasteiger charge is 2.18. The molecule has 1 rings (SSSR count). The molecule has 20 heavy (non-hydrogen) atoms. The second-order valence-corrected chi connectivity index (χ2v) is 6.37. The lowest BCUT2D eigenvalue weighted by molar-refractivity contribution is 0.0545. The molecule has 0 bridgehead atoms. The van der Waals surface area contributed by atoms with E-state index in [4.69, 9.17) is 16.3 Å². The largest absolute Gasteiger partial charge is 0.456 e. The maximum Gasteiger partial charge on any atom is 0.338 e. The zero-order chi connectivity index (χ0) is 15.3. The lowest BCUT2D eigenvalue weighted by atomic mass is 10.1. The molecule has 1 aromatic carbocycles. The van der Waals surface area contributed by atoms with Crippen molar-refractivity contribution in [2.24, 2.45) is 0 Å². The van der Waals surface area contributed by atoms with Crippen molar-refractivity contribution in [3.05, 3.63) is 40.9 Å². The van der Waals surface area contributed by atoms with E-state index in [2.05, 4.69) is 11.3 Å². The molecule has 0 aromatic heterocycles. The predicted octanol–water partition coefficient (Wildman–Crippen LogP) is 2.20. The van der Waals surface area contributed by atoms with Gasteiger partial charge >= 0.3 is 5.97 Å². The van der Waals surface area contributed by atoms with Gasteiger partial charge in [0.25, 0.3) is 0 Å². The fraction of sp³-hybridized carbons (Fsp3) is 0.308. The van der Waals surface area contributed by atoms with Gasteiger partial charge in [0.2, 0.25) is 10.0 Å². The molecule has 0 aliphatic rings. The van der Waals surface area contributed by atoms with Crippen LogP contribution in [0.4, 0.5) is 0 Å². The SMILES string of the molecule is C=C(Cl)COC(=O)c1cc(S(=O)(=O)NCC)ccc1C. The van der Waals surface area contributed by atoms with E-state index < -0.39 is 16.0 Å². The van der Waals surface area contributed by atoms with Gasteiger partial charge in [-0.05, 0) is 24.6 Å². The van der Waals surface area contributed by atoms with Gasteiger partial charge in [-0.1, -0.05) is 31.2 Å². The van der Waals surface area contributed by atoms with Crippen molar-refractivity contribution in [1.82, 2.24) is 4.72 Å². The molecule has 7 heteroatoms. The van der Waals surface area contributed by atoms with Gasteiger partial charge in [0.1, 0.15) is 6.61 Å². The zero-order valence-corrected chi connectivity index (χ0v) is 12.8. The Morgan fingerprint density at radius 3 is 2.65 bits per heavy atom. The van der Waals surface area contributed by atoms with Crippen molar-refractivity contribution in [3.63, 3.8) is 0 Å². The molecule has 0 saturated carbocycles. The third-order valence-electron chi connectivity index (χ3n) is 2.43. The van der Waals surface area contributed by atoms with Crippen LogP contribution >= 0.6 is 11.6 Å². The Morgan fingerprint density at radius 1 is 1.45 bits per heavy atom. The molecule has 1 aromatic rings. The van der Waals surface area contributed by atoms with E-state index in [1.807, 2.05) is 0 Å². The number of hydrogen-bond donors (Lipinski definition) is 1. The Bertz CT molecular complexity index is 625. The topological polar surface area (TPSA) is 72.5 Å². The number of halogens is 1. The Balaban J connectivity index is 3.09. The molecule has 0 aliphatic heterocycles. The van der Waals surface area contributed by atoms with E-state index in [0.29, 0.717) is 5.56 Å². The summed E-state index contributed by atoms with van der Waals surface area (Å²) in [7, 11) is -3.62. The van der Waals surface area contributed by atoms with Crippen molar-refractivity contribution in [2.75, 3.05) is 13.2 Å². The van der Waals surface area contributed by atoms with Crippen LogP contribution in [0.2, 0.25) is 0 Å². The predicted molar refractivity (Wildman–Crippen MR) is 77.3 cm³/mol. The first-order valence-corrected chi connectivity index (χ1v) is 7.74. The summed E-state index contributed by atoms with van der Waals surface area (Å²) in [6, 6.07) is 4.27. The molecule has 0 radical (unpaired) electrons. The monoisotopic (exact) mass is 317 g/mol. The van der Waals surface area contributed by atoms with Gasteiger partial charge in [-0.3, -0.25) is 0 Å². The normalized spacial score (nSPS) is 11.2. The summed E-state index contributed by atoms with van der Waals surface area (Å²) in [6.45, 7) is 6.92. The summed E-state index contributed by atoms with van der Waals surface area (Å²) >= 11 is 5.52. The Kier molecular flexibility index (Phi) is 5.74. The molecule has 110 valence electrons. The molecule has 0 saturated heterocycles. The standard InChI is InChI=1S/C13H16ClNO4S/c1-4-15-20(17,18)11-6-5-9(2)12(7-11)13(16)19-8-10(3)14/h5-7,15H,3-4,8H2,1-2H3. The number of aryl methyl sites for hydroxylation is 1. The average Bonchev–Trinajstić information content (AvgIpc) is 2.36. The molecule has 0 aliphatic carbocycles. The second kappa shape index (κ2) is 6.88. The molecule has 0 amide bonds. The maximum atomic E-state index is 11.9. The summed E-state index contributed by atoms with van der Waals surface area (Å²) in [5, 5.41) is 0.187. The molecule has 0 fully saturated rings. The molecular formula is C13H16ClNO4S. The van der Waals surface area contributed by atoms with Crippen LogP contribution in [-0.4, -0.2) is 27.5 Å². The first-order valence-electron chi connectivity index (χ1n) is 5.88. The van der Waals surface area contributed by atoms with Crippen LogP contribution in [0, 0.1) is 6.92 Å². The molecule has 1 N–H and O–H groups in total. The van der Waals surface area contributed by atoms with Crippen LogP contribution in [0.1, 0.15) is 22.8 Å². The number of sulfonamides is 1. The summed E-state index contributed by atoms with van der Waals surface area (Å²) < 4.78 is 31.0. The number of nitrogens with one attached hydrogen (secondary N) is 1. The van der Waals surface area contributed by atoms with Gasteiger partial charge in [0.15, 0.2) is 0 Å². The number of esters is 1. The van der Waals surface area contributed by atoms with E-state index in [1.54, 1.807) is 19.9 Å². The Morgan fingerprint density at radius 2 is 2.10 bits per heavy atom. The fourth-order valence-electron chi connectivity index (χ4n) is 1.48. The van der Waals surface area contributed by atoms with Crippen LogP contribution in [-0.2, 0) is 14.8 Å². The van der Waals surface area contributed by atoms with Gasteiger partial charge in [-0.15, -0.1) is 0 Å². The number of carbonyl (C=O) groups is 1. The first-order chi connectivity index (χ1) is 9.27. The van der Waals surface area contributed by atoms with E-state index in [0.717, 1.165) is 0 Å². The minimum absolute atomic E-state index is 0.0154. The van der Waals surface area contributed by atoms with Gasteiger partial charge in [0, 0.05) is 11.6 Å². The van der Waals surface area contributed by atoms with Crippen LogP contribution in [0.3, 0.4) is 0 Å². The molecule has 0 atom stereocenters. The van der Waals surface area contributed by atoms with Gasteiger partial charge < -0.3 is 4.74 Å². The lowest BCUT2D eigenvalue weighted by Crippen LogP contribution is -2.23. The number of rotatable bonds is 6. The average molecular weight is 318 g/mol. The van der Waals surface area contributed by atoms with E-state index in [9.17, 15) is 13.2 Å². The quantitative estimate of drug-likeness (QED) is 0.816. The van der Waals surface area contributed by atoms with Crippen molar-refractivity contribution < 1.29 is 17.9 Å². The summed E-state index contributed by atoms with van der Waals surface area (Å²) in [5.74, 6) is -0.641. The van der Waals surface area contributed by atoms with Crippen molar-refractivity contribution in [3.8, 4) is 0 Å². The molecule has 5 nitrogen and oxygen atoms in total. The Hall–Kier alpha value is -1.37. The third-order valence-corrected chi connectivity index (χ3v) is 4.09. The van der Waals surface area contributed by atoms with E-state index in [1.165, 1.54) is 12.1 Å². The van der Waals surface area contributed by atoms with Gasteiger partial charge in [-0.2, -0.15) is 0 Å². The second-order valence-electron chi connectivity index (χ2n) is 4.07. The Labute approximate surface area is 123 Å². The molecule has 0 heterocycles. The summed E-state index contributed by atoms with van der Waals surface area (Å²) in [5.41, 5.74) is 0.799. The van der Waals surface area contributed by atoms with Crippen LogP contribution in [0.15, 0.2) is 34.7 Å². The number of ether oxygens (including phenoxy) is 1. The molecule has 0 spiro atoms. The van der Waals surface area contributed by atoms with Crippen LogP contribution in [0.5, 0.6) is 0 Å². The fourth-order valence-corrected chi connectivity index (χ4v) is 2.60. The third kappa shape index (κ3) is 4.33. The molecular weight excluding hydrogens is 302 g/mol.